The average molecular weight is 370 g/mol. The minimum absolute atomic E-state index is 0.0985. The van der Waals surface area contributed by atoms with Gasteiger partial charge in [-0.25, -0.2) is 5.01 Å². The zero-order valence-electron chi connectivity index (χ0n) is 16.2. The monoisotopic (exact) mass is 370 g/mol. The highest BCUT2D eigenvalue weighted by Crippen LogP contribution is 2.25. The van der Waals surface area contributed by atoms with Crippen LogP contribution in [0.2, 0.25) is 0 Å². The molecular weight excluding hydrogens is 344 g/mol. The van der Waals surface area contributed by atoms with Gasteiger partial charge in [-0.3, -0.25) is 14.4 Å². The van der Waals surface area contributed by atoms with Crippen molar-refractivity contribution in [3.05, 3.63) is 29.3 Å². The van der Waals surface area contributed by atoms with Crippen molar-refractivity contribution in [2.24, 2.45) is 5.10 Å². The summed E-state index contributed by atoms with van der Waals surface area (Å²) < 4.78 is 0. The standard InChI is InChI=1S/C20H26N4O3/c1-4-18(25)22-9-11-23(12-10-22)20(27)16-7-8-19(26)24(21-16)17-13-14(2)5-6-15(17)3/h5-6,13H,4,7-12H2,1-3H3. The lowest BCUT2D eigenvalue weighted by molar-refractivity contribution is -0.136. The summed E-state index contributed by atoms with van der Waals surface area (Å²) in [5, 5.41) is 5.78. The van der Waals surface area contributed by atoms with Crippen molar-refractivity contribution < 1.29 is 14.4 Å². The second-order valence-corrected chi connectivity index (χ2v) is 7.07. The number of piperazine rings is 1. The van der Waals surface area contributed by atoms with Crippen LogP contribution in [0.5, 0.6) is 0 Å². The van der Waals surface area contributed by atoms with E-state index in [9.17, 15) is 14.4 Å². The Morgan fingerprint density at radius 3 is 2.37 bits per heavy atom. The SMILES string of the molecule is CCC(=O)N1CCN(C(=O)C2=NN(c3cc(C)ccc3C)C(=O)CC2)CC1. The summed E-state index contributed by atoms with van der Waals surface area (Å²) in [5.41, 5.74) is 3.11. The third-order valence-electron chi connectivity index (χ3n) is 5.09. The van der Waals surface area contributed by atoms with Gasteiger partial charge in [0.15, 0.2) is 0 Å². The van der Waals surface area contributed by atoms with Gasteiger partial charge in [-0.15, -0.1) is 0 Å². The van der Waals surface area contributed by atoms with E-state index in [0.717, 1.165) is 16.8 Å². The summed E-state index contributed by atoms with van der Waals surface area (Å²) in [6.07, 6.45) is 1.10. The molecule has 1 fully saturated rings. The van der Waals surface area contributed by atoms with Crippen LogP contribution in [0.15, 0.2) is 23.3 Å². The highest BCUT2D eigenvalue weighted by molar-refractivity contribution is 6.40. The first-order chi connectivity index (χ1) is 12.9. The maximum Gasteiger partial charge on any atom is 0.270 e. The van der Waals surface area contributed by atoms with E-state index >= 15 is 0 Å². The van der Waals surface area contributed by atoms with Gasteiger partial charge in [0, 0.05) is 45.4 Å². The van der Waals surface area contributed by atoms with Gasteiger partial charge in [-0.2, -0.15) is 5.10 Å². The second kappa shape index (κ2) is 7.90. The van der Waals surface area contributed by atoms with Crippen LogP contribution in [0.4, 0.5) is 5.69 Å². The van der Waals surface area contributed by atoms with E-state index in [2.05, 4.69) is 5.10 Å². The fourth-order valence-electron chi connectivity index (χ4n) is 3.41. The molecule has 1 saturated heterocycles. The van der Waals surface area contributed by atoms with Gasteiger partial charge in [-0.1, -0.05) is 19.1 Å². The van der Waals surface area contributed by atoms with Crippen LogP contribution in [0, 0.1) is 13.8 Å². The number of carbonyl (C=O) groups is 3. The van der Waals surface area contributed by atoms with Gasteiger partial charge in [0.1, 0.15) is 5.71 Å². The summed E-state index contributed by atoms with van der Waals surface area (Å²) >= 11 is 0. The molecule has 144 valence electrons. The number of rotatable bonds is 3. The molecule has 3 rings (SSSR count). The molecule has 7 heteroatoms. The van der Waals surface area contributed by atoms with E-state index in [0.29, 0.717) is 44.7 Å². The first kappa shape index (κ1) is 19.1. The Hall–Kier alpha value is -2.70. The quantitative estimate of drug-likeness (QED) is 0.815. The smallest absolute Gasteiger partial charge is 0.270 e. The Labute approximate surface area is 159 Å². The molecule has 2 heterocycles. The molecule has 0 aromatic heterocycles. The van der Waals surface area contributed by atoms with E-state index in [-0.39, 0.29) is 24.1 Å². The number of hydrogen-bond acceptors (Lipinski definition) is 4. The first-order valence-electron chi connectivity index (χ1n) is 9.45. The number of aryl methyl sites for hydroxylation is 2. The lowest BCUT2D eigenvalue weighted by Crippen LogP contribution is -2.52. The Balaban J connectivity index is 1.76. The largest absolute Gasteiger partial charge is 0.339 e. The predicted molar refractivity (Wildman–Crippen MR) is 104 cm³/mol. The zero-order chi connectivity index (χ0) is 19.6. The third-order valence-corrected chi connectivity index (χ3v) is 5.09. The highest BCUT2D eigenvalue weighted by Gasteiger charge is 2.31. The topological polar surface area (TPSA) is 73.3 Å². The maximum absolute atomic E-state index is 12.9. The molecule has 0 N–H and O–H groups in total. The minimum Gasteiger partial charge on any atom is -0.339 e. The molecule has 7 nitrogen and oxygen atoms in total. The normalized spacial score (nSPS) is 17.8. The lowest BCUT2D eigenvalue weighted by atomic mass is 10.1. The second-order valence-electron chi connectivity index (χ2n) is 7.07. The van der Waals surface area contributed by atoms with Crippen molar-refractivity contribution in [3.63, 3.8) is 0 Å². The van der Waals surface area contributed by atoms with Crippen molar-refractivity contribution in [2.75, 3.05) is 31.2 Å². The van der Waals surface area contributed by atoms with E-state index < -0.39 is 0 Å². The fourth-order valence-corrected chi connectivity index (χ4v) is 3.41. The van der Waals surface area contributed by atoms with Crippen LogP contribution in [-0.4, -0.2) is 59.4 Å². The first-order valence-corrected chi connectivity index (χ1v) is 9.45. The molecule has 0 spiro atoms. The lowest BCUT2D eigenvalue weighted by Gasteiger charge is -2.35. The fraction of sp³-hybridized carbons (Fsp3) is 0.500. The van der Waals surface area contributed by atoms with Crippen molar-refractivity contribution in [3.8, 4) is 0 Å². The number of carbonyl (C=O) groups excluding carboxylic acids is 3. The number of benzene rings is 1. The van der Waals surface area contributed by atoms with E-state index in [1.54, 1.807) is 9.80 Å². The molecule has 1 aromatic rings. The molecular formula is C20H26N4O3. The Morgan fingerprint density at radius 2 is 1.70 bits per heavy atom. The Bertz CT molecular complexity index is 794. The molecule has 0 unspecified atom stereocenters. The molecule has 2 aliphatic heterocycles. The van der Waals surface area contributed by atoms with Crippen molar-refractivity contribution in [1.29, 1.82) is 0 Å². The van der Waals surface area contributed by atoms with E-state index in [1.165, 1.54) is 5.01 Å². The molecule has 0 atom stereocenters. The summed E-state index contributed by atoms with van der Waals surface area (Å²) in [4.78, 5) is 40.6. The number of anilines is 1. The van der Waals surface area contributed by atoms with Crippen LogP contribution in [-0.2, 0) is 14.4 Å². The van der Waals surface area contributed by atoms with Crippen molar-refractivity contribution in [2.45, 2.75) is 40.0 Å². The van der Waals surface area contributed by atoms with Gasteiger partial charge in [-0.05, 0) is 31.0 Å². The van der Waals surface area contributed by atoms with Gasteiger partial charge in [0.05, 0.1) is 5.69 Å². The van der Waals surface area contributed by atoms with Gasteiger partial charge < -0.3 is 9.80 Å². The van der Waals surface area contributed by atoms with Crippen LogP contribution in [0.1, 0.15) is 37.3 Å². The Kier molecular flexibility index (Phi) is 5.58. The van der Waals surface area contributed by atoms with Gasteiger partial charge in [0.2, 0.25) is 11.8 Å². The molecule has 0 aliphatic carbocycles. The van der Waals surface area contributed by atoms with Crippen LogP contribution in [0.25, 0.3) is 0 Å². The summed E-state index contributed by atoms with van der Waals surface area (Å²) in [6.45, 7) is 7.83. The number of amides is 3. The van der Waals surface area contributed by atoms with E-state index in [1.807, 2.05) is 39.0 Å². The van der Waals surface area contributed by atoms with Crippen molar-refractivity contribution in [1.82, 2.24) is 9.80 Å². The molecule has 27 heavy (non-hydrogen) atoms. The summed E-state index contributed by atoms with van der Waals surface area (Å²) in [5.74, 6) is -0.121. The predicted octanol–water partition coefficient (Wildman–Crippen LogP) is 1.87. The zero-order valence-corrected chi connectivity index (χ0v) is 16.2. The number of hydrazone groups is 1. The average Bonchev–Trinajstić information content (AvgIpc) is 2.69. The van der Waals surface area contributed by atoms with Gasteiger partial charge in [0.25, 0.3) is 5.91 Å². The van der Waals surface area contributed by atoms with Crippen LogP contribution in [0.3, 0.4) is 0 Å². The molecule has 2 aliphatic rings. The Morgan fingerprint density at radius 1 is 1.04 bits per heavy atom. The van der Waals surface area contributed by atoms with Gasteiger partial charge >= 0.3 is 0 Å². The third kappa shape index (κ3) is 4.02. The molecule has 1 aromatic carbocycles. The van der Waals surface area contributed by atoms with E-state index in [4.69, 9.17) is 0 Å². The molecule has 0 bridgehead atoms. The summed E-state index contributed by atoms with van der Waals surface area (Å²) in [7, 11) is 0. The molecule has 3 amide bonds. The highest BCUT2D eigenvalue weighted by atomic mass is 16.2. The van der Waals surface area contributed by atoms with Crippen LogP contribution < -0.4 is 5.01 Å². The number of hydrogen-bond donors (Lipinski definition) is 0. The van der Waals surface area contributed by atoms with Crippen LogP contribution >= 0.6 is 0 Å². The minimum atomic E-state index is -0.138. The molecule has 0 saturated carbocycles. The van der Waals surface area contributed by atoms with Crippen molar-refractivity contribution >= 4 is 29.1 Å². The maximum atomic E-state index is 12.9. The molecule has 0 radical (unpaired) electrons. The summed E-state index contributed by atoms with van der Waals surface area (Å²) in [6, 6.07) is 5.85. The number of nitrogens with zero attached hydrogens (tertiary/aromatic N) is 4.